The molecule has 0 amide bonds. The van der Waals surface area contributed by atoms with Gasteiger partial charge >= 0.3 is 0 Å². The molecule has 0 aliphatic carbocycles. The van der Waals surface area contributed by atoms with Gasteiger partial charge in [-0.25, -0.2) is 0 Å². The molecule has 0 N–H and O–H groups in total. The average Bonchev–Trinajstić information content (AvgIpc) is 1.85. The summed E-state index contributed by atoms with van der Waals surface area (Å²) in [6.45, 7) is 9.07. The Morgan fingerprint density at radius 1 is 1.27 bits per heavy atom. The van der Waals surface area contributed by atoms with Crippen LogP contribution in [-0.4, -0.2) is 37.2 Å². The number of hydrogen-bond donors (Lipinski definition) is 0. The second-order valence-electron chi connectivity index (χ2n) is 3.80. The lowest BCUT2D eigenvalue weighted by molar-refractivity contribution is -0.0553. The summed E-state index contributed by atoms with van der Waals surface area (Å²) in [6.07, 6.45) is 0.496. The fourth-order valence-corrected chi connectivity index (χ4v) is 1.37. The number of methoxy groups -OCH3 is 1. The summed E-state index contributed by atoms with van der Waals surface area (Å²) in [7, 11) is 1.79. The fourth-order valence-electron chi connectivity index (χ4n) is 1.37. The molecule has 0 radical (unpaired) electrons. The van der Waals surface area contributed by atoms with Gasteiger partial charge in [-0.3, -0.25) is 4.90 Å². The molecule has 2 heteroatoms. The zero-order valence-electron chi connectivity index (χ0n) is 8.00. The van der Waals surface area contributed by atoms with Crippen molar-refractivity contribution < 1.29 is 4.74 Å². The molecular weight excluding hydrogens is 138 g/mol. The predicted octanol–water partition coefficient (Wildman–Crippen LogP) is 1.36. The van der Waals surface area contributed by atoms with Crippen molar-refractivity contribution in [3.63, 3.8) is 0 Å². The lowest BCUT2D eigenvalue weighted by atomic mass is 10.00. The summed E-state index contributed by atoms with van der Waals surface area (Å²) >= 11 is 0. The van der Waals surface area contributed by atoms with Crippen LogP contribution in [0.25, 0.3) is 0 Å². The van der Waals surface area contributed by atoms with Gasteiger partial charge in [-0.2, -0.15) is 0 Å². The first-order valence-corrected chi connectivity index (χ1v) is 4.42. The van der Waals surface area contributed by atoms with E-state index in [9.17, 15) is 0 Å². The predicted molar refractivity (Wildman–Crippen MR) is 46.7 cm³/mol. The van der Waals surface area contributed by atoms with Crippen molar-refractivity contribution in [2.45, 2.75) is 32.9 Å². The molecule has 0 aromatic heterocycles. The topological polar surface area (TPSA) is 12.5 Å². The Balaban J connectivity index is 2.21. The molecule has 0 aromatic carbocycles. The highest BCUT2D eigenvalue weighted by Crippen LogP contribution is 2.18. The number of hydrogen-bond acceptors (Lipinski definition) is 2. The lowest BCUT2D eigenvalue weighted by Crippen LogP contribution is -2.56. The number of likely N-dealkylation sites (tertiary alicyclic amines) is 1. The molecule has 1 unspecified atom stereocenters. The smallest absolute Gasteiger partial charge is 0.0825 e. The van der Waals surface area contributed by atoms with Crippen LogP contribution < -0.4 is 0 Å². The van der Waals surface area contributed by atoms with Gasteiger partial charge in [-0.1, -0.05) is 13.8 Å². The molecule has 11 heavy (non-hydrogen) atoms. The minimum absolute atomic E-state index is 0.496. The van der Waals surface area contributed by atoms with Gasteiger partial charge in [0.2, 0.25) is 0 Å². The summed E-state index contributed by atoms with van der Waals surface area (Å²) in [6, 6.07) is 0.710. The van der Waals surface area contributed by atoms with E-state index < -0.39 is 0 Å². The van der Waals surface area contributed by atoms with E-state index in [4.69, 9.17) is 4.74 Å². The molecule has 0 spiro atoms. The van der Waals surface area contributed by atoms with Gasteiger partial charge in [0.1, 0.15) is 0 Å². The first kappa shape index (κ1) is 9.01. The van der Waals surface area contributed by atoms with Crippen molar-refractivity contribution in [1.82, 2.24) is 4.90 Å². The average molecular weight is 157 g/mol. The summed E-state index contributed by atoms with van der Waals surface area (Å²) in [5.41, 5.74) is 0. The van der Waals surface area contributed by atoms with Gasteiger partial charge in [0.05, 0.1) is 6.10 Å². The number of ether oxygens (including phenoxy) is 1. The van der Waals surface area contributed by atoms with Crippen LogP contribution in [0.3, 0.4) is 0 Å². The second-order valence-corrected chi connectivity index (χ2v) is 3.80. The molecular formula is C9H19NO. The zero-order chi connectivity index (χ0) is 8.43. The van der Waals surface area contributed by atoms with E-state index in [1.165, 1.54) is 0 Å². The fraction of sp³-hybridized carbons (Fsp3) is 1.00. The monoisotopic (exact) mass is 157 g/mol. The van der Waals surface area contributed by atoms with Gasteiger partial charge in [0.25, 0.3) is 0 Å². The Hall–Kier alpha value is -0.0800. The molecule has 1 aliphatic heterocycles. The highest BCUT2D eigenvalue weighted by molar-refractivity contribution is 4.85. The van der Waals surface area contributed by atoms with E-state index in [0.717, 1.165) is 19.0 Å². The maximum atomic E-state index is 5.20. The minimum Gasteiger partial charge on any atom is -0.379 e. The summed E-state index contributed by atoms with van der Waals surface area (Å²) < 4.78 is 5.20. The van der Waals surface area contributed by atoms with Crippen LogP contribution in [0.15, 0.2) is 0 Å². The van der Waals surface area contributed by atoms with Crippen LogP contribution in [0, 0.1) is 5.92 Å². The van der Waals surface area contributed by atoms with E-state index in [2.05, 4.69) is 25.7 Å². The van der Waals surface area contributed by atoms with Crippen LogP contribution in [0.1, 0.15) is 20.8 Å². The van der Waals surface area contributed by atoms with E-state index in [0.29, 0.717) is 12.1 Å². The Morgan fingerprint density at radius 3 is 2.18 bits per heavy atom. The van der Waals surface area contributed by atoms with E-state index in [-0.39, 0.29) is 0 Å². The van der Waals surface area contributed by atoms with Crippen LogP contribution in [-0.2, 0) is 4.74 Å². The van der Waals surface area contributed by atoms with Gasteiger partial charge in [0, 0.05) is 26.2 Å². The highest BCUT2D eigenvalue weighted by atomic mass is 16.5. The van der Waals surface area contributed by atoms with Crippen LogP contribution in [0.2, 0.25) is 0 Å². The summed E-state index contributed by atoms with van der Waals surface area (Å²) in [5.74, 6) is 0.757. The molecule has 0 bridgehead atoms. The Bertz CT molecular complexity index is 119. The number of rotatable bonds is 3. The highest BCUT2D eigenvalue weighted by Gasteiger charge is 2.30. The van der Waals surface area contributed by atoms with E-state index in [1.807, 2.05) is 0 Å². The van der Waals surface area contributed by atoms with Crippen molar-refractivity contribution in [2.75, 3.05) is 20.2 Å². The molecule has 1 fully saturated rings. The minimum atomic E-state index is 0.496. The molecule has 2 nitrogen and oxygen atoms in total. The first-order chi connectivity index (χ1) is 5.15. The van der Waals surface area contributed by atoms with Crippen molar-refractivity contribution in [3.05, 3.63) is 0 Å². The molecule has 1 atom stereocenters. The van der Waals surface area contributed by atoms with Gasteiger partial charge in [-0.15, -0.1) is 0 Å². The van der Waals surface area contributed by atoms with E-state index in [1.54, 1.807) is 7.11 Å². The van der Waals surface area contributed by atoms with Crippen molar-refractivity contribution in [2.24, 2.45) is 5.92 Å². The molecule has 1 heterocycles. The molecule has 1 rings (SSSR count). The Labute approximate surface area is 69.5 Å². The third-order valence-electron chi connectivity index (χ3n) is 2.75. The summed E-state index contributed by atoms with van der Waals surface area (Å²) in [5, 5.41) is 0. The van der Waals surface area contributed by atoms with Crippen molar-refractivity contribution in [1.29, 1.82) is 0 Å². The number of nitrogens with zero attached hydrogens (tertiary/aromatic N) is 1. The third kappa shape index (κ3) is 1.94. The molecule has 66 valence electrons. The van der Waals surface area contributed by atoms with Gasteiger partial charge < -0.3 is 4.74 Å². The first-order valence-electron chi connectivity index (χ1n) is 4.42. The molecule has 1 aliphatic rings. The Kier molecular flexibility index (Phi) is 2.90. The standard InChI is InChI=1S/C9H19NO/c1-7(2)8(3)10-5-9(6-10)11-4/h7-9H,5-6H2,1-4H3. The Morgan fingerprint density at radius 2 is 1.82 bits per heavy atom. The molecule has 1 saturated heterocycles. The van der Waals surface area contributed by atoms with Crippen molar-refractivity contribution >= 4 is 0 Å². The maximum Gasteiger partial charge on any atom is 0.0825 e. The van der Waals surface area contributed by atoms with Gasteiger partial charge in [-0.05, 0) is 12.8 Å². The molecule has 0 aromatic rings. The van der Waals surface area contributed by atoms with Crippen LogP contribution in [0.4, 0.5) is 0 Å². The zero-order valence-corrected chi connectivity index (χ0v) is 8.00. The normalized spacial score (nSPS) is 23.7. The van der Waals surface area contributed by atoms with Crippen LogP contribution in [0.5, 0.6) is 0 Å². The van der Waals surface area contributed by atoms with Gasteiger partial charge in [0.15, 0.2) is 0 Å². The quantitative estimate of drug-likeness (QED) is 0.613. The molecule has 0 saturated carbocycles. The van der Waals surface area contributed by atoms with Crippen molar-refractivity contribution in [3.8, 4) is 0 Å². The SMILES string of the molecule is COC1CN(C(C)C(C)C)C1. The van der Waals surface area contributed by atoms with E-state index >= 15 is 0 Å². The second kappa shape index (κ2) is 3.55. The van der Waals surface area contributed by atoms with Crippen LogP contribution >= 0.6 is 0 Å². The lowest BCUT2D eigenvalue weighted by Gasteiger charge is -2.43. The third-order valence-corrected chi connectivity index (χ3v) is 2.75. The summed E-state index contributed by atoms with van der Waals surface area (Å²) in [4.78, 5) is 2.47. The largest absolute Gasteiger partial charge is 0.379 e. The maximum absolute atomic E-state index is 5.20.